The number of carbonyl (C=O) groups is 1. The van der Waals surface area contributed by atoms with E-state index in [-0.39, 0.29) is 0 Å². The Morgan fingerprint density at radius 1 is 1.53 bits per heavy atom. The lowest BCUT2D eigenvalue weighted by molar-refractivity contribution is -0.138. The quantitative estimate of drug-likeness (QED) is 0.907. The molecule has 1 unspecified atom stereocenters. The number of hydrogen-bond donors (Lipinski definition) is 1. The molecule has 0 saturated carbocycles. The summed E-state index contributed by atoms with van der Waals surface area (Å²) < 4.78 is 0. The van der Waals surface area contributed by atoms with E-state index >= 15 is 0 Å². The monoisotopic (exact) mass is 266 g/mol. The summed E-state index contributed by atoms with van der Waals surface area (Å²) in [5.41, 5.74) is 1.62. The van der Waals surface area contributed by atoms with Crippen LogP contribution in [0.3, 0.4) is 0 Å². The largest absolute Gasteiger partial charge is 0.481 e. The zero-order chi connectivity index (χ0) is 12.0. The zero-order valence-electron chi connectivity index (χ0n) is 9.14. The van der Waals surface area contributed by atoms with Gasteiger partial charge in [-0.05, 0) is 19.8 Å². The first kappa shape index (κ1) is 10.9. The molecule has 3 rings (SSSR count). The molecule has 0 bridgehead atoms. The van der Waals surface area contributed by atoms with Crippen LogP contribution in [0.5, 0.6) is 0 Å². The van der Waals surface area contributed by atoms with E-state index in [4.69, 9.17) is 5.11 Å². The van der Waals surface area contributed by atoms with Crippen LogP contribution in [0.25, 0.3) is 10.7 Å². The Morgan fingerprint density at radius 2 is 2.35 bits per heavy atom. The number of aryl methyl sites for hydroxylation is 2. The number of carboxylic acids is 1. The Balaban J connectivity index is 2.01. The van der Waals surface area contributed by atoms with Gasteiger partial charge in [-0.1, -0.05) is 0 Å². The third-order valence-electron chi connectivity index (χ3n) is 2.85. The van der Waals surface area contributed by atoms with E-state index in [0.29, 0.717) is 6.42 Å². The molecule has 0 radical (unpaired) electrons. The maximum absolute atomic E-state index is 11.1. The van der Waals surface area contributed by atoms with Crippen LogP contribution < -0.4 is 0 Å². The molecule has 1 atom stereocenters. The van der Waals surface area contributed by atoms with Gasteiger partial charge in [-0.15, -0.1) is 22.7 Å². The number of thiazole rings is 2. The molecule has 0 spiro atoms. The Bertz CT molecular complexity index is 588. The molecule has 2 heterocycles. The van der Waals surface area contributed by atoms with Gasteiger partial charge in [0.15, 0.2) is 0 Å². The highest BCUT2D eigenvalue weighted by molar-refractivity contribution is 7.15. The first-order valence-electron chi connectivity index (χ1n) is 5.30. The predicted molar refractivity (Wildman–Crippen MR) is 66.7 cm³/mol. The van der Waals surface area contributed by atoms with Crippen molar-refractivity contribution in [2.75, 3.05) is 0 Å². The number of carboxylic acid groups (broad SMARTS) is 1. The highest BCUT2D eigenvalue weighted by Gasteiger charge is 2.32. The van der Waals surface area contributed by atoms with E-state index in [9.17, 15) is 4.79 Å². The highest BCUT2D eigenvalue weighted by Crippen LogP contribution is 2.39. The van der Waals surface area contributed by atoms with Crippen molar-refractivity contribution in [2.45, 2.75) is 25.7 Å². The van der Waals surface area contributed by atoms with Crippen molar-refractivity contribution in [1.82, 2.24) is 9.97 Å². The van der Waals surface area contributed by atoms with Gasteiger partial charge in [0.1, 0.15) is 16.6 Å². The van der Waals surface area contributed by atoms with Crippen LogP contribution in [0.15, 0.2) is 5.38 Å². The standard InChI is InChI=1S/C11H10N2O2S2/c1-5-12-7(4-16-5)10-13-9-6(11(14)15)2-3-8(9)17-10/h4,6H,2-3H2,1H3,(H,14,15). The Morgan fingerprint density at radius 3 is 3.00 bits per heavy atom. The van der Waals surface area contributed by atoms with Crippen LogP contribution in [0.2, 0.25) is 0 Å². The SMILES string of the molecule is Cc1nc(-c2nc3c(s2)CCC3C(=O)O)cs1. The molecule has 0 aromatic carbocycles. The Hall–Kier alpha value is -1.27. The van der Waals surface area contributed by atoms with Crippen molar-refractivity contribution in [3.8, 4) is 10.7 Å². The summed E-state index contributed by atoms with van der Waals surface area (Å²) in [7, 11) is 0. The van der Waals surface area contributed by atoms with Gasteiger partial charge in [0.05, 0.1) is 10.7 Å². The van der Waals surface area contributed by atoms with Crippen LogP contribution in [-0.4, -0.2) is 21.0 Å². The van der Waals surface area contributed by atoms with Crippen molar-refractivity contribution in [1.29, 1.82) is 0 Å². The molecule has 4 nitrogen and oxygen atoms in total. The number of fused-ring (bicyclic) bond motifs is 1. The molecular formula is C11H10N2O2S2. The van der Waals surface area contributed by atoms with Crippen molar-refractivity contribution >= 4 is 28.6 Å². The van der Waals surface area contributed by atoms with E-state index in [1.54, 1.807) is 22.7 Å². The maximum atomic E-state index is 11.1. The van der Waals surface area contributed by atoms with Crippen LogP contribution in [0, 0.1) is 6.92 Å². The van der Waals surface area contributed by atoms with E-state index in [0.717, 1.165) is 32.7 Å². The number of aliphatic carboxylic acids is 1. The summed E-state index contributed by atoms with van der Waals surface area (Å²) in [6.07, 6.45) is 1.51. The fraction of sp³-hybridized carbons (Fsp3) is 0.364. The topological polar surface area (TPSA) is 63.1 Å². The van der Waals surface area contributed by atoms with Gasteiger partial charge in [0, 0.05) is 10.3 Å². The minimum Gasteiger partial charge on any atom is -0.481 e. The summed E-state index contributed by atoms with van der Waals surface area (Å²) >= 11 is 3.17. The minimum absolute atomic E-state index is 0.422. The summed E-state index contributed by atoms with van der Waals surface area (Å²) in [5, 5.41) is 12.9. The van der Waals surface area contributed by atoms with E-state index in [1.165, 1.54) is 0 Å². The van der Waals surface area contributed by atoms with Crippen LogP contribution in [-0.2, 0) is 11.2 Å². The molecule has 0 saturated heterocycles. The summed E-state index contributed by atoms with van der Waals surface area (Å²) in [6, 6.07) is 0. The van der Waals surface area contributed by atoms with Crippen molar-refractivity contribution in [3.63, 3.8) is 0 Å². The average molecular weight is 266 g/mol. The maximum Gasteiger partial charge on any atom is 0.312 e. The van der Waals surface area contributed by atoms with Gasteiger partial charge in [0.2, 0.25) is 0 Å². The zero-order valence-corrected chi connectivity index (χ0v) is 10.8. The van der Waals surface area contributed by atoms with Gasteiger partial charge in [-0.25, -0.2) is 9.97 Å². The first-order valence-corrected chi connectivity index (χ1v) is 6.99. The smallest absolute Gasteiger partial charge is 0.312 e. The fourth-order valence-electron chi connectivity index (χ4n) is 2.04. The lowest BCUT2D eigenvalue weighted by Gasteiger charge is -2.00. The third kappa shape index (κ3) is 1.77. The molecule has 1 N–H and O–H groups in total. The molecule has 1 aliphatic rings. The van der Waals surface area contributed by atoms with Crippen LogP contribution >= 0.6 is 22.7 Å². The molecule has 2 aromatic heterocycles. The molecule has 0 amide bonds. The van der Waals surface area contributed by atoms with Crippen LogP contribution in [0.4, 0.5) is 0 Å². The summed E-state index contributed by atoms with van der Waals surface area (Å²) in [5.74, 6) is -1.19. The number of hydrogen-bond acceptors (Lipinski definition) is 5. The predicted octanol–water partition coefficient (Wildman–Crippen LogP) is 2.69. The second-order valence-corrected chi connectivity index (χ2v) is 6.15. The number of aromatic nitrogens is 2. The fourth-order valence-corrected chi connectivity index (χ4v) is 3.81. The van der Waals surface area contributed by atoms with Gasteiger partial charge in [0.25, 0.3) is 0 Å². The van der Waals surface area contributed by atoms with Crippen LogP contribution in [0.1, 0.15) is 27.9 Å². The summed E-state index contributed by atoms with van der Waals surface area (Å²) in [6.45, 7) is 1.95. The normalized spacial score (nSPS) is 18.3. The summed E-state index contributed by atoms with van der Waals surface area (Å²) in [4.78, 5) is 21.0. The Labute approximate surface area is 106 Å². The van der Waals surface area contributed by atoms with Gasteiger partial charge in [-0.2, -0.15) is 0 Å². The molecule has 2 aromatic rings. The van der Waals surface area contributed by atoms with Gasteiger partial charge >= 0.3 is 5.97 Å². The molecule has 0 aliphatic heterocycles. The van der Waals surface area contributed by atoms with E-state index in [2.05, 4.69) is 9.97 Å². The lowest BCUT2D eigenvalue weighted by atomic mass is 10.1. The molecule has 88 valence electrons. The van der Waals surface area contributed by atoms with Gasteiger partial charge < -0.3 is 5.11 Å². The number of nitrogens with zero attached hydrogens (tertiary/aromatic N) is 2. The van der Waals surface area contributed by atoms with Crippen molar-refractivity contribution < 1.29 is 9.90 Å². The molecular weight excluding hydrogens is 256 g/mol. The third-order valence-corrected chi connectivity index (χ3v) is 4.78. The number of rotatable bonds is 2. The van der Waals surface area contributed by atoms with Gasteiger partial charge in [-0.3, -0.25) is 4.79 Å². The van der Waals surface area contributed by atoms with Crippen molar-refractivity contribution in [2.24, 2.45) is 0 Å². The lowest BCUT2D eigenvalue weighted by Crippen LogP contribution is -2.08. The average Bonchev–Trinajstić information content (AvgIpc) is 2.89. The minimum atomic E-state index is -0.768. The second-order valence-electron chi connectivity index (χ2n) is 4.01. The Kier molecular flexibility index (Phi) is 2.48. The van der Waals surface area contributed by atoms with E-state index in [1.807, 2.05) is 12.3 Å². The van der Waals surface area contributed by atoms with E-state index < -0.39 is 11.9 Å². The molecule has 6 heteroatoms. The first-order chi connectivity index (χ1) is 8.15. The molecule has 1 aliphatic carbocycles. The highest BCUT2D eigenvalue weighted by atomic mass is 32.1. The molecule has 0 fully saturated rings. The molecule has 17 heavy (non-hydrogen) atoms. The second kappa shape index (κ2) is 3.89. The van der Waals surface area contributed by atoms with Crippen molar-refractivity contribution in [3.05, 3.63) is 21.0 Å².